The Morgan fingerprint density at radius 1 is 1.18 bits per heavy atom. The number of hydrogen-bond acceptors (Lipinski definition) is 5. The second kappa shape index (κ2) is 8.56. The van der Waals surface area contributed by atoms with Crippen LogP contribution in [0.25, 0.3) is 17.0 Å². The van der Waals surface area contributed by atoms with Gasteiger partial charge in [0.25, 0.3) is 11.1 Å². The smallest absolute Gasteiger partial charge is 0.416 e. The van der Waals surface area contributed by atoms with Crippen molar-refractivity contribution >= 4 is 57.5 Å². The van der Waals surface area contributed by atoms with Crippen LogP contribution in [0.5, 0.6) is 0 Å². The molecule has 1 aliphatic heterocycles. The minimum absolute atomic E-state index is 0.00748. The second-order valence-corrected chi connectivity index (χ2v) is 8.51. The number of aliphatic carboxylic acids is 1. The molecule has 2 aromatic carbocycles. The van der Waals surface area contributed by atoms with Gasteiger partial charge in [-0.3, -0.25) is 24.0 Å². The fraction of sp³-hybridized carbons (Fsp3) is 0.143. The third-order valence-corrected chi connectivity index (χ3v) is 5.97. The fourth-order valence-corrected chi connectivity index (χ4v) is 4.37. The van der Waals surface area contributed by atoms with Crippen LogP contribution in [0.3, 0.4) is 0 Å². The SMILES string of the molecule is O=C(O)CN1C(=O)S/C(=C\c2ccc3c(cnn3Cc3ccc(Cl)cc3C(F)(F)F)c2)C1=O. The fourth-order valence-electron chi connectivity index (χ4n) is 3.36. The van der Waals surface area contributed by atoms with Crippen molar-refractivity contribution in [1.29, 1.82) is 0 Å². The number of halogens is 4. The van der Waals surface area contributed by atoms with Gasteiger partial charge in [0, 0.05) is 10.4 Å². The highest BCUT2D eigenvalue weighted by molar-refractivity contribution is 8.18. The molecular weight excluding hydrogens is 483 g/mol. The summed E-state index contributed by atoms with van der Waals surface area (Å²) in [5, 5.41) is 12.9. The molecule has 0 radical (unpaired) electrons. The average molecular weight is 496 g/mol. The lowest BCUT2D eigenvalue weighted by Gasteiger charge is -2.14. The first-order valence-corrected chi connectivity index (χ1v) is 10.5. The largest absolute Gasteiger partial charge is 0.480 e. The summed E-state index contributed by atoms with van der Waals surface area (Å²) < 4.78 is 41.6. The van der Waals surface area contributed by atoms with Crippen LogP contribution in [0, 0.1) is 0 Å². The molecule has 7 nitrogen and oxygen atoms in total. The summed E-state index contributed by atoms with van der Waals surface area (Å²) in [7, 11) is 0. The zero-order valence-corrected chi connectivity index (χ0v) is 18.0. The van der Waals surface area contributed by atoms with Gasteiger partial charge in [0.15, 0.2) is 0 Å². The van der Waals surface area contributed by atoms with Crippen LogP contribution in [-0.2, 0) is 22.3 Å². The zero-order chi connectivity index (χ0) is 23.9. The number of benzene rings is 2. The first kappa shape index (κ1) is 22.9. The maximum absolute atomic E-state index is 13.4. The third-order valence-electron chi connectivity index (χ3n) is 4.83. The van der Waals surface area contributed by atoms with E-state index in [4.69, 9.17) is 16.7 Å². The van der Waals surface area contributed by atoms with Gasteiger partial charge in [-0.05, 0) is 53.2 Å². The lowest BCUT2D eigenvalue weighted by atomic mass is 10.1. The number of carboxylic acid groups (broad SMARTS) is 1. The van der Waals surface area contributed by atoms with E-state index in [0.717, 1.165) is 6.07 Å². The van der Waals surface area contributed by atoms with E-state index in [9.17, 15) is 27.6 Å². The van der Waals surface area contributed by atoms with Gasteiger partial charge in [-0.25, -0.2) is 0 Å². The van der Waals surface area contributed by atoms with Crippen molar-refractivity contribution in [2.75, 3.05) is 6.54 Å². The summed E-state index contributed by atoms with van der Waals surface area (Å²) >= 11 is 6.37. The highest BCUT2D eigenvalue weighted by Gasteiger charge is 2.36. The van der Waals surface area contributed by atoms with Gasteiger partial charge in [0.05, 0.1) is 28.7 Å². The Labute approximate surface area is 193 Å². The van der Waals surface area contributed by atoms with E-state index in [1.807, 2.05) is 0 Å². The third kappa shape index (κ3) is 4.74. The summed E-state index contributed by atoms with van der Waals surface area (Å²) in [5.41, 5.74) is 0.278. The van der Waals surface area contributed by atoms with Crippen molar-refractivity contribution < 1.29 is 32.7 Å². The number of fused-ring (bicyclic) bond motifs is 1. The molecule has 0 spiro atoms. The monoisotopic (exact) mass is 495 g/mol. The van der Waals surface area contributed by atoms with Crippen molar-refractivity contribution in [3.8, 4) is 0 Å². The van der Waals surface area contributed by atoms with Crippen molar-refractivity contribution in [2.24, 2.45) is 0 Å². The number of aromatic nitrogens is 2. The molecule has 0 atom stereocenters. The standard InChI is InChI=1S/C21H13ClF3N3O4S/c22-14-3-2-12(15(7-14)21(23,24)25)9-28-16-4-1-11(5-13(16)8-26-28)6-17-19(31)27(10-18(29)30)20(32)33-17/h1-8H,9-10H2,(H,29,30)/b17-6-. The molecule has 1 aromatic heterocycles. The van der Waals surface area contributed by atoms with Crippen LogP contribution in [0.15, 0.2) is 47.5 Å². The molecule has 2 amide bonds. The van der Waals surface area contributed by atoms with Gasteiger partial charge in [-0.15, -0.1) is 0 Å². The van der Waals surface area contributed by atoms with Crippen molar-refractivity contribution in [2.45, 2.75) is 12.7 Å². The van der Waals surface area contributed by atoms with Crippen LogP contribution in [0.1, 0.15) is 16.7 Å². The molecule has 1 aliphatic rings. The molecule has 12 heteroatoms. The minimum Gasteiger partial charge on any atom is -0.480 e. The Balaban J connectivity index is 1.62. The Morgan fingerprint density at radius 3 is 2.64 bits per heavy atom. The quantitative estimate of drug-likeness (QED) is 0.507. The first-order chi connectivity index (χ1) is 15.5. The Morgan fingerprint density at radius 2 is 1.94 bits per heavy atom. The maximum atomic E-state index is 13.4. The van der Waals surface area contributed by atoms with Gasteiger partial charge in [0.2, 0.25) is 0 Å². The second-order valence-electron chi connectivity index (χ2n) is 7.08. The van der Waals surface area contributed by atoms with Crippen LogP contribution in [-0.4, -0.2) is 43.4 Å². The molecule has 0 saturated carbocycles. The number of carbonyl (C=O) groups excluding carboxylic acids is 2. The summed E-state index contributed by atoms with van der Waals surface area (Å²) in [6.07, 6.45) is -1.64. The van der Waals surface area contributed by atoms with E-state index in [0.29, 0.717) is 33.1 Å². The van der Waals surface area contributed by atoms with Gasteiger partial charge < -0.3 is 5.11 Å². The van der Waals surface area contributed by atoms with Crippen molar-refractivity contribution in [3.63, 3.8) is 0 Å². The molecule has 3 aromatic rings. The molecule has 0 bridgehead atoms. The Bertz CT molecular complexity index is 1340. The molecule has 1 saturated heterocycles. The van der Waals surface area contributed by atoms with E-state index in [2.05, 4.69) is 5.10 Å². The Hall–Kier alpha value is -3.31. The van der Waals surface area contributed by atoms with Gasteiger partial charge in [-0.2, -0.15) is 18.3 Å². The van der Waals surface area contributed by atoms with E-state index in [1.165, 1.54) is 29.1 Å². The highest BCUT2D eigenvalue weighted by atomic mass is 35.5. The summed E-state index contributed by atoms with van der Waals surface area (Å²) in [6, 6.07) is 8.49. The Kier molecular flexibility index (Phi) is 5.93. The molecule has 1 N–H and O–H groups in total. The number of thioether (sulfide) groups is 1. The normalized spacial score (nSPS) is 15.8. The lowest BCUT2D eigenvalue weighted by molar-refractivity contribution is -0.140. The number of rotatable bonds is 5. The van der Waals surface area contributed by atoms with E-state index in [1.54, 1.807) is 18.2 Å². The van der Waals surface area contributed by atoms with E-state index < -0.39 is 35.4 Å². The maximum Gasteiger partial charge on any atom is 0.416 e. The molecule has 33 heavy (non-hydrogen) atoms. The minimum atomic E-state index is -4.57. The molecular formula is C21H13ClF3N3O4S. The van der Waals surface area contributed by atoms with Crippen LogP contribution in [0.4, 0.5) is 18.0 Å². The lowest BCUT2D eigenvalue weighted by Crippen LogP contribution is -2.33. The molecule has 0 unspecified atom stereocenters. The molecule has 1 fully saturated rings. The van der Waals surface area contributed by atoms with Crippen molar-refractivity contribution in [3.05, 3.63) is 69.2 Å². The summed E-state index contributed by atoms with van der Waals surface area (Å²) in [5.74, 6) is -2.01. The van der Waals surface area contributed by atoms with E-state index in [-0.39, 0.29) is 22.0 Å². The van der Waals surface area contributed by atoms with Gasteiger partial charge >= 0.3 is 12.1 Å². The number of imide groups is 1. The average Bonchev–Trinajstić information content (AvgIpc) is 3.24. The van der Waals surface area contributed by atoms with Crippen LogP contribution < -0.4 is 0 Å². The molecule has 0 aliphatic carbocycles. The first-order valence-electron chi connectivity index (χ1n) is 9.31. The number of hydrogen-bond donors (Lipinski definition) is 1. The predicted octanol–water partition coefficient (Wildman–Crippen LogP) is 4.88. The molecule has 2 heterocycles. The number of alkyl halides is 3. The highest BCUT2D eigenvalue weighted by Crippen LogP contribution is 2.35. The summed E-state index contributed by atoms with van der Waals surface area (Å²) in [6.45, 7) is -0.860. The molecule has 170 valence electrons. The molecule has 4 rings (SSSR count). The zero-order valence-electron chi connectivity index (χ0n) is 16.5. The topological polar surface area (TPSA) is 92.5 Å². The summed E-state index contributed by atoms with van der Waals surface area (Å²) in [4.78, 5) is 35.7. The number of nitrogens with zero attached hydrogens (tertiary/aromatic N) is 3. The number of carboxylic acids is 1. The van der Waals surface area contributed by atoms with Gasteiger partial charge in [0.1, 0.15) is 6.54 Å². The predicted molar refractivity (Wildman–Crippen MR) is 116 cm³/mol. The van der Waals surface area contributed by atoms with Crippen LogP contribution >= 0.6 is 23.4 Å². The number of amides is 2. The van der Waals surface area contributed by atoms with Crippen LogP contribution in [0.2, 0.25) is 5.02 Å². The van der Waals surface area contributed by atoms with E-state index >= 15 is 0 Å². The number of carbonyl (C=O) groups is 3. The van der Waals surface area contributed by atoms with Gasteiger partial charge in [-0.1, -0.05) is 23.7 Å². The van der Waals surface area contributed by atoms with Crippen molar-refractivity contribution in [1.82, 2.24) is 14.7 Å².